The SMILES string of the molecule is CCC(C)(C)c1ccc(Oc2ncccc2CCN)cc1. The lowest BCUT2D eigenvalue weighted by atomic mass is 9.82. The summed E-state index contributed by atoms with van der Waals surface area (Å²) in [7, 11) is 0. The Morgan fingerprint density at radius 1 is 1.14 bits per heavy atom. The molecule has 2 aromatic rings. The van der Waals surface area contributed by atoms with E-state index in [4.69, 9.17) is 10.5 Å². The molecule has 3 nitrogen and oxygen atoms in total. The second kappa shape index (κ2) is 6.72. The Kier molecular flexibility index (Phi) is 4.97. The molecule has 0 unspecified atom stereocenters. The summed E-state index contributed by atoms with van der Waals surface area (Å²) in [6.07, 6.45) is 3.61. The van der Waals surface area contributed by atoms with E-state index < -0.39 is 0 Å². The van der Waals surface area contributed by atoms with Gasteiger partial charge in [0.25, 0.3) is 0 Å². The summed E-state index contributed by atoms with van der Waals surface area (Å²) in [5.41, 5.74) is 8.17. The van der Waals surface area contributed by atoms with Crippen molar-refractivity contribution in [3.8, 4) is 11.6 Å². The first-order valence-corrected chi connectivity index (χ1v) is 7.49. The molecule has 1 aromatic heterocycles. The molecule has 0 aliphatic carbocycles. The van der Waals surface area contributed by atoms with Crippen molar-refractivity contribution < 1.29 is 4.74 Å². The maximum atomic E-state index is 5.90. The highest BCUT2D eigenvalue weighted by Crippen LogP contribution is 2.29. The lowest BCUT2D eigenvalue weighted by molar-refractivity contribution is 0.454. The highest BCUT2D eigenvalue weighted by Gasteiger charge is 2.17. The molecule has 2 rings (SSSR count). The van der Waals surface area contributed by atoms with Crippen molar-refractivity contribution in [2.75, 3.05) is 6.54 Å². The quantitative estimate of drug-likeness (QED) is 0.870. The van der Waals surface area contributed by atoms with Gasteiger partial charge in [-0.15, -0.1) is 0 Å². The number of hydrogen-bond donors (Lipinski definition) is 1. The van der Waals surface area contributed by atoms with Crippen LogP contribution in [0.1, 0.15) is 38.3 Å². The molecule has 0 saturated carbocycles. The molecule has 0 aliphatic rings. The molecule has 1 heterocycles. The molecule has 0 saturated heterocycles. The molecule has 0 fully saturated rings. The maximum absolute atomic E-state index is 5.90. The van der Waals surface area contributed by atoms with Gasteiger partial charge in [0.2, 0.25) is 5.88 Å². The third-order valence-electron chi connectivity index (χ3n) is 4.00. The summed E-state index contributed by atoms with van der Waals surface area (Å²) in [6.45, 7) is 7.30. The van der Waals surface area contributed by atoms with Gasteiger partial charge in [-0.2, -0.15) is 0 Å². The Bertz CT molecular complexity index is 576. The van der Waals surface area contributed by atoms with Gasteiger partial charge in [0.15, 0.2) is 0 Å². The van der Waals surface area contributed by atoms with E-state index >= 15 is 0 Å². The van der Waals surface area contributed by atoms with Crippen LogP contribution in [0.15, 0.2) is 42.6 Å². The van der Waals surface area contributed by atoms with Crippen LogP contribution in [0.3, 0.4) is 0 Å². The van der Waals surface area contributed by atoms with Crippen molar-refractivity contribution in [3.63, 3.8) is 0 Å². The summed E-state index contributed by atoms with van der Waals surface area (Å²) in [5, 5.41) is 0. The van der Waals surface area contributed by atoms with Gasteiger partial charge in [-0.25, -0.2) is 4.98 Å². The lowest BCUT2D eigenvalue weighted by Crippen LogP contribution is -2.14. The highest BCUT2D eigenvalue weighted by atomic mass is 16.5. The van der Waals surface area contributed by atoms with Gasteiger partial charge in [0.1, 0.15) is 5.75 Å². The number of aromatic nitrogens is 1. The molecule has 1 aromatic carbocycles. The van der Waals surface area contributed by atoms with Gasteiger partial charge in [-0.3, -0.25) is 0 Å². The van der Waals surface area contributed by atoms with E-state index in [1.807, 2.05) is 24.3 Å². The predicted octanol–water partition coefficient (Wildman–Crippen LogP) is 4.06. The largest absolute Gasteiger partial charge is 0.439 e. The number of rotatable bonds is 6. The van der Waals surface area contributed by atoms with Crippen molar-refractivity contribution in [2.24, 2.45) is 5.73 Å². The first kappa shape index (κ1) is 15.5. The van der Waals surface area contributed by atoms with Crippen LogP contribution in [0.4, 0.5) is 0 Å². The van der Waals surface area contributed by atoms with Crippen molar-refractivity contribution in [1.29, 1.82) is 0 Å². The minimum atomic E-state index is 0.189. The van der Waals surface area contributed by atoms with E-state index in [0.29, 0.717) is 12.4 Å². The fraction of sp³-hybridized carbons (Fsp3) is 0.389. The van der Waals surface area contributed by atoms with Crippen LogP contribution in [0.5, 0.6) is 11.6 Å². The Hall–Kier alpha value is -1.87. The Balaban J connectivity index is 2.18. The molecule has 112 valence electrons. The number of nitrogens with two attached hydrogens (primary N) is 1. The van der Waals surface area contributed by atoms with Gasteiger partial charge in [-0.05, 0) is 48.6 Å². The molecule has 0 atom stereocenters. The molecule has 0 radical (unpaired) electrons. The number of hydrogen-bond acceptors (Lipinski definition) is 3. The third-order valence-corrected chi connectivity index (χ3v) is 4.00. The van der Waals surface area contributed by atoms with E-state index in [1.165, 1.54) is 5.56 Å². The first-order valence-electron chi connectivity index (χ1n) is 7.49. The van der Waals surface area contributed by atoms with Crippen molar-refractivity contribution in [1.82, 2.24) is 4.98 Å². The van der Waals surface area contributed by atoms with E-state index in [1.54, 1.807) is 6.20 Å². The molecule has 2 N–H and O–H groups in total. The smallest absolute Gasteiger partial charge is 0.222 e. The molecule has 3 heteroatoms. The summed E-state index contributed by atoms with van der Waals surface area (Å²) < 4.78 is 5.90. The van der Waals surface area contributed by atoms with Crippen molar-refractivity contribution >= 4 is 0 Å². The van der Waals surface area contributed by atoms with Crippen LogP contribution in [-0.4, -0.2) is 11.5 Å². The summed E-state index contributed by atoms with van der Waals surface area (Å²) in [4.78, 5) is 4.30. The lowest BCUT2D eigenvalue weighted by Gasteiger charge is -2.23. The zero-order valence-electron chi connectivity index (χ0n) is 13.1. The normalized spacial score (nSPS) is 11.4. The van der Waals surface area contributed by atoms with E-state index in [0.717, 1.165) is 24.2 Å². The maximum Gasteiger partial charge on any atom is 0.222 e. The molecule has 0 bridgehead atoms. The van der Waals surface area contributed by atoms with Crippen molar-refractivity contribution in [3.05, 3.63) is 53.7 Å². The van der Waals surface area contributed by atoms with E-state index in [2.05, 4.69) is 37.9 Å². The Morgan fingerprint density at radius 3 is 2.48 bits per heavy atom. The second-order valence-corrected chi connectivity index (χ2v) is 5.87. The molecule has 0 spiro atoms. The minimum absolute atomic E-state index is 0.189. The van der Waals surface area contributed by atoms with Gasteiger partial charge >= 0.3 is 0 Å². The average molecular weight is 284 g/mol. The monoisotopic (exact) mass is 284 g/mol. The summed E-state index contributed by atoms with van der Waals surface area (Å²) in [5.74, 6) is 1.45. The van der Waals surface area contributed by atoms with Crippen LogP contribution in [0.25, 0.3) is 0 Å². The van der Waals surface area contributed by atoms with E-state index in [-0.39, 0.29) is 5.41 Å². The Labute approximate surface area is 127 Å². The summed E-state index contributed by atoms with van der Waals surface area (Å²) in [6, 6.07) is 12.2. The van der Waals surface area contributed by atoms with Gasteiger partial charge in [0.05, 0.1) is 0 Å². The minimum Gasteiger partial charge on any atom is -0.439 e. The zero-order valence-corrected chi connectivity index (χ0v) is 13.1. The van der Waals surface area contributed by atoms with Crippen LogP contribution in [-0.2, 0) is 11.8 Å². The number of pyridine rings is 1. The zero-order chi connectivity index (χ0) is 15.3. The van der Waals surface area contributed by atoms with Gasteiger partial charge in [-0.1, -0.05) is 39.0 Å². The van der Waals surface area contributed by atoms with Crippen LogP contribution in [0, 0.1) is 0 Å². The second-order valence-electron chi connectivity index (χ2n) is 5.87. The molecular weight excluding hydrogens is 260 g/mol. The number of benzene rings is 1. The molecular formula is C18H24N2O. The standard InChI is InChI=1S/C18H24N2O/c1-4-18(2,3)15-7-9-16(10-8-15)21-17-14(11-12-19)6-5-13-20-17/h5-10,13H,4,11-12,19H2,1-3H3. The van der Waals surface area contributed by atoms with Gasteiger partial charge in [0, 0.05) is 11.8 Å². The van der Waals surface area contributed by atoms with Crippen LogP contribution < -0.4 is 10.5 Å². The van der Waals surface area contributed by atoms with Crippen LogP contribution >= 0.6 is 0 Å². The molecule has 0 amide bonds. The van der Waals surface area contributed by atoms with Crippen LogP contribution in [0.2, 0.25) is 0 Å². The Morgan fingerprint density at radius 2 is 1.86 bits per heavy atom. The molecule has 0 aliphatic heterocycles. The average Bonchev–Trinajstić information content (AvgIpc) is 2.50. The fourth-order valence-electron chi connectivity index (χ4n) is 2.15. The summed E-state index contributed by atoms with van der Waals surface area (Å²) >= 11 is 0. The van der Waals surface area contributed by atoms with E-state index in [9.17, 15) is 0 Å². The first-order chi connectivity index (χ1) is 10.1. The molecule has 21 heavy (non-hydrogen) atoms. The topological polar surface area (TPSA) is 48.1 Å². The number of nitrogens with zero attached hydrogens (tertiary/aromatic N) is 1. The highest BCUT2D eigenvalue weighted by molar-refractivity contribution is 5.36. The predicted molar refractivity (Wildman–Crippen MR) is 86.8 cm³/mol. The fourth-order valence-corrected chi connectivity index (χ4v) is 2.15. The van der Waals surface area contributed by atoms with Crippen molar-refractivity contribution in [2.45, 2.75) is 39.0 Å². The number of ether oxygens (including phenoxy) is 1. The van der Waals surface area contributed by atoms with Gasteiger partial charge < -0.3 is 10.5 Å². The third kappa shape index (κ3) is 3.82.